The molecule has 0 aliphatic rings. The van der Waals surface area contributed by atoms with Gasteiger partial charge in [-0.15, -0.1) is 0 Å². The van der Waals surface area contributed by atoms with Crippen LogP contribution in [0.15, 0.2) is 18.2 Å². The molecule has 17 heavy (non-hydrogen) atoms. The van der Waals surface area contributed by atoms with Crippen molar-refractivity contribution in [3.63, 3.8) is 0 Å². The zero-order valence-corrected chi connectivity index (χ0v) is 10.2. The van der Waals surface area contributed by atoms with Crippen LogP contribution in [0.5, 0.6) is 5.75 Å². The summed E-state index contributed by atoms with van der Waals surface area (Å²) in [4.78, 5) is 0. The van der Waals surface area contributed by atoms with Gasteiger partial charge in [0.15, 0.2) is 0 Å². The van der Waals surface area contributed by atoms with Gasteiger partial charge in [-0.3, -0.25) is 0 Å². The lowest BCUT2D eigenvalue weighted by Gasteiger charge is -2.16. The Morgan fingerprint density at radius 3 is 2.35 bits per heavy atom. The molecule has 0 unspecified atom stereocenters. The largest absolute Gasteiger partial charge is 0.493 e. The molecule has 0 amide bonds. The van der Waals surface area contributed by atoms with E-state index in [9.17, 15) is 13.2 Å². The monoisotopic (exact) mass is 245 g/mol. The van der Waals surface area contributed by atoms with Crippen molar-refractivity contribution in [2.75, 3.05) is 6.61 Å². The second-order valence-corrected chi connectivity index (χ2v) is 4.06. The summed E-state index contributed by atoms with van der Waals surface area (Å²) in [6.45, 7) is 5.70. The highest BCUT2D eigenvalue weighted by Crippen LogP contribution is 2.37. The molecule has 4 heteroatoms. The van der Waals surface area contributed by atoms with Crippen LogP contribution >= 0.6 is 0 Å². The van der Waals surface area contributed by atoms with E-state index in [1.165, 1.54) is 6.07 Å². The fourth-order valence-corrected chi connectivity index (χ4v) is 1.40. The molecule has 1 aromatic rings. The Morgan fingerprint density at radius 2 is 1.88 bits per heavy atom. The van der Waals surface area contributed by atoms with Crippen molar-refractivity contribution >= 4 is 0 Å². The quantitative estimate of drug-likeness (QED) is 0.761. The second kappa shape index (κ2) is 5.43. The molecule has 0 spiro atoms. The lowest BCUT2D eigenvalue weighted by Crippen LogP contribution is -2.10. The Morgan fingerprint density at radius 1 is 1.24 bits per heavy atom. The lowest BCUT2D eigenvalue weighted by molar-refractivity contribution is -0.139. The highest BCUT2D eigenvalue weighted by atomic mass is 19.4. The van der Waals surface area contributed by atoms with Crippen molar-refractivity contribution in [2.45, 2.75) is 33.4 Å². The first kappa shape index (κ1) is 13.9. The summed E-state index contributed by atoms with van der Waals surface area (Å²) in [5.74, 6) is 0.752. The molecular weight excluding hydrogens is 229 g/mol. The highest BCUT2D eigenvalue weighted by Gasteiger charge is 2.34. The molecule has 0 atom stereocenters. The van der Waals surface area contributed by atoms with Crippen molar-refractivity contribution in [1.82, 2.24) is 0 Å². The van der Waals surface area contributed by atoms with Gasteiger partial charge in [-0.1, -0.05) is 26.8 Å². The van der Waals surface area contributed by atoms with E-state index >= 15 is 0 Å². The lowest BCUT2D eigenvalue weighted by atomic mass is 10.00. The molecule has 0 aliphatic heterocycles. The Balaban J connectivity index is 3.13. The first-order valence-corrected chi connectivity index (χ1v) is 5.50. The number of benzene rings is 1. The van der Waals surface area contributed by atoms with E-state index in [-0.39, 0.29) is 12.4 Å². The van der Waals surface area contributed by atoms with Gasteiger partial charge < -0.3 is 4.74 Å². The van der Waals surface area contributed by atoms with Crippen molar-refractivity contribution in [3.8, 4) is 5.75 Å². The molecule has 0 saturated heterocycles. The molecule has 1 aromatic carbocycles. The summed E-state index contributed by atoms with van der Waals surface area (Å²) in [7, 11) is 0. The SMILES string of the molecule is CCCOc1ccc([C](C)C)cc1C(F)(F)F. The molecule has 1 radical (unpaired) electrons. The van der Waals surface area contributed by atoms with Crippen LogP contribution in [0.2, 0.25) is 0 Å². The predicted molar refractivity (Wildman–Crippen MR) is 60.9 cm³/mol. The van der Waals surface area contributed by atoms with E-state index in [1.807, 2.05) is 6.92 Å². The summed E-state index contributed by atoms with van der Waals surface area (Å²) in [6.07, 6.45) is -3.70. The first-order chi connectivity index (χ1) is 7.86. The molecule has 0 N–H and O–H groups in total. The van der Waals surface area contributed by atoms with Gasteiger partial charge in [-0.05, 0) is 30.0 Å². The number of halogens is 3. The van der Waals surface area contributed by atoms with E-state index in [2.05, 4.69) is 0 Å². The maximum Gasteiger partial charge on any atom is 0.419 e. The minimum Gasteiger partial charge on any atom is -0.493 e. The van der Waals surface area contributed by atoms with Crippen LogP contribution in [0, 0.1) is 5.92 Å². The number of hydrogen-bond acceptors (Lipinski definition) is 1. The first-order valence-electron chi connectivity index (χ1n) is 5.50. The van der Waals surface area contributed by atoms with Crippen LogP contribution in [-0.4, -0.2) is 6.61 Å². The van der Waals surface area contributed by atoms with E-state index in [0.717, 1.165) is 12.0 Å². The molecule has 95 valence electrons. The number of hydrogen-bond donors (Lipinski definition) is 0. The maximum atomic E-state index is 12.8. The molecule has 1 rings (SSSR count). The average Bonchev–Trinajstić information content (AvgIpc) is 2.24. The zero-order valence-electron chi connectivity index (χ0n) is 10.2. The van der Waals surface area contributed by atoms with Crippen LogP contribution < -0.4 is 4.74 Å². The highest BCUT2D eigenvalue weighted by molar-refractivity contribution is 5.43. The van der Waals surface area contributed by atoms with Gasteiger partial charge in [0.25, 0.3) is 0 Å². The van der Waals surface area contributed by atoms with Crippen LogP contribution in [0.4, 0.5) is 13.2 Å². The molecule has 0 aromatic heterocycles. The van der Waals surface area contributed by atoms with E-state index in [4.69, 9.17) is 4.74 Å². The Kier molecular flexibility index (Phi) is 4.43. The van der Waals surface area contributed by atoms with Crippen LogP contribution in [0.3, 0.4) is 0 Å². The third-order valence-corrected chi connectivity index (χ3v) is 2.32. The van der Waals surface area contributed by atoms with Gasteiger partial charge in [-0.25, -0.2) is 0 Å². The molecule has 0 saturated carbocycles. The summed E-state index contributed by atoms with van der Waals surface area (Å²) in [6, 6.07) is 4.18. The Hall–Kier alpha value is -1.19. The average molecular weight is 245 g/mol. The van der Waals surface area contributed by atoms with Crippen molar-refractivity contribution in [1.29, 1.82) is 0 Å². The van der Waals surface area contributed by atoms with Crippen LogP contribution in [0.25, 0.3) is 0 Å². The molecular formula is C13H16F3O. The molecule has 0 fully saturated rings. The zero-order chi connectivity index (χ0) is 13.1. The van der Waals surface area contributed by atoms with Crippen LogP contribution in [-0.2, 0) is 6.18 Å². The molecule has 0 bridgehead atoms. The Labute approximate surface area is 99.6 Å². The van der Waals surface area contributed by atoms with Crippen molar-refractivity contribution in [2.24, 2.45) is 0 Å². The van der Waals surface area contributed by atoms with Gasteiger partial charge in [0.2, 0.25) is 0 Å². The summed E-state index contributed by atoms with van der Waals surface area (Å²) in [5, 5.41) is 0. The number of rotatable bonds is 4. The molecule has 0 heterocycles. The van der Waals surface area contributed by atoms with Gasteiger partial charge in [0.1, 0.15) is 5.75 Å². The molecule has 0 aliphatic carbocycles. The standard InChI is InChI=1S/C13H16F3O/c1-4-7-17-12-6-5-10(9(2)3)8-11(12)13(14,15)16/h5-6,8H,4,7H2,1-3H3. The second-order valence-electron chi connectivity index (χ2n) is 4.06. The van der Waals surface area contributed by atoms with Gasteiger partial charge in [0, 0.05) is 0 Å². The third kappa shape index (κ3) is 3.65. The number of alkyl halides is 3. The predicted octanol–water partition coefficient (Wildman–Crippen LogP) is 4.46. The smallest absolute Gasteiger partial charge is 0.419 e. The van der Waals surface area contributed by atoms with Crippen molar-refractivity contribution in [3.05, 3.63) is 35.2 Å². The third-order valence-electron chi connectivity index (χ3n) is 2.32. The van der Waals surface area contributed by atoms with E-state index in [0.29, 0.717) is 12.0 Å². The van der Waals surface area contributed by atoms with E-state index < -0.39 is 11.7 Å². The van der Waals surface area contributed by atoms with Gasteiger partial charge in [0.05, 0.1) is 12.2 Å². The minimum absolute atomic E-state index is 0.0932. The molecule has 1 nitrogen and oxygen atoms in total. The maximum absolute atomic E-state index is 12.8. The van der Waals surface area contributed by atoms with Crippen LogP contribution in [0.1, 0.15) is 38.3 Å². The fraction of sp³-hybridized carbons (Fsp3) is 0.462. The fourth-order valence-electron chi connectivity index (χ4n) is 1.40. The topological polar surface area (TPSA) is 9.23 Å². The summed E-state index contributed by atoms with van der Waals surface area (Å²) >= 11 is 0. The van der Waals surface area contributed by atoms with Gasteiger partial charge >= 0.3 is 6.18 Å². The normalized spacial score (nSPS) is 11.9. The minimum atomic E-state index is -4.38. The van der Waals surface area contributed by atoms with Crippen molar-refractivity contribution < 1.29 is 17.9 Å². The van der Waals surface area contributed by atoms with Gasteiger partial charge in [-0.2, -0.15) is 13.2 Å². The summed E-state index contributed by atoms with van der Waals surface area (Å²) in [5.41, 5.74) is -0.120. The summed E-state index contributed by atoms with van der Waals surface area (Å²) < 4.78 is 43.6. The Bertz CT molecular complexity index is 369. The van der Waals surface area contributed by atoms with E-state index in [1.54, 1.807) is 19.9 Å². The number of ether oxygens (including phenoxy) is 1.